The average Bonchev–Trinajstić information content (AvgIpc) is 2.26. The Morgan fingerprint density at radius 2 is 1.88 bits per heavy atom. The summed E-state index contributed by atoms with van der Waals surface area (Å²) in [5.74, 6) is 0.604. The van der Waals surface area contributed by atoms with E-state index < -0.39 is 7.60 Å². The highest BCUT2D eigenvalue weighted by Gasteiger charge is 2.00. The third kappa shape index (κ3) is 53.4. The Kier molecular flexibility index (Phi) is 17.9. The van der Waals surface area contributed by atoms with Crippen LogP contribution in [0.2, 0.25) is 0 Å². The SMILES string of the molecule is C=CC#N.C=CCNC(N)=S.C=CP(=O)(O)O. The molecule has 0 aromatic rings. The van der Waals surface area contributed by atoms with E-state index in [2.05, 4.69) is 37.3 Å². The first-order chi connectivity index (χ1) is 7.74. The number of allylic oxidation sites excluding steroid dienone is 1. The van der Waals surface area contributed by atoms with Gasteiger partial charge < -0.3 is 20.8 Å². The van der Waals surface area contributed by atoms with Crippen LogP contribution in [0.4, 0.5) is 0 Å². The van der Waals surface area contributed by atoms with Gasteiger partial charge in [0.05, 0.1) is 6.07 Å². The van der Waals surface area contributed by atoms with Gasteiger partial charge in [-0.25, -0.2) is 0 Å². The molecule has 0 heterocycles. The molecule has 0 amide bonds. The molecule has 0 fully saturated rings. The molecule has 0 unspecified atom stereocenters. The molecule has 5 N–H and O–H groups in total. The highest BCUT2D eigenvalue weighted by molar-refractivity contribution is 7.80. The minimum Gasteiger partial charge on any atom is -0.376 e. The van der Waals surface area contributed by atoms with Crippen LogP contribution < -0.4 is 11.1 Å². The van der Waals surface area contributed by atoms with Gasteiger partial charge in [-0.1, -0.05) is 19.2 Å². The fraction of sp³-hybridized carbons (Fsp3) is 0.111. The molecule has 0 atom stereocenters. The second-order valence-corrected chi connectivity index (χ2v) is 4.12. The van der Waals surface area contributed by atoms with E-state index in [0.29, 0.717) is 17.5 Å². The van der Waals surface area contributed by atoms with Crippen LogP contribution in [0.5, 0.6) is 0 Å². The first-order valence-electron chi connectivity index (χ1n) is 4.08. The van der Waals surface area contributed by atoms with E-state index in [0.717, 1.165) is 0 Å². The molecule has 96 valence electrons. The summed E-state index contributed by atoms with van der Waals surface area (Å²) in [5.41, 5.74) is 5.05. The fourth-order valence-corrected chi connectivity index (χ4v) is 0.256. The van der Waals surface area contributed by atoms with Crippen LogP contribution in [0.25, 0.3) is 0 Å². The first kappa shape index (κ1) is 20.9. The molecule has 0 aromatic carbocycles. The van der Waals surface area contributed by atoms with E-state index in [1.54, 1.807) is 12.1 Å². The van der Waals surface area contributed by atoms with Crippen molar-refractivity contribution in [3.63, 3.8) is 0 Å². The molecular weight excluding hydrogens is 261 g/mol. The standard InChI is InChI=1S/C4H8N2S.C3H3N.C2H5O3P/c1-2-3-6-4(5)7;1-2-3-4;1-2-6(3,4)5/h2H,1,3H2,(H3,5,6,7);2H,1H2;2H,1H2,(H2,3,4,5). The Bertz CT molecular complexity index is 333. The monoisotopic (exact) mass is 277 g/mol. The number of nitrogens with two attached hydrogens (primary N) is 1. The van der Waals surface area contributed by atoms with Crippen LogP contribution in [-0.4, -0.2) is 21.4 Å². The number of thiocarbonyl (C=S) groups is 1. The van der Waals surface area contributed by atoms with Crippen molar-refractivity contribution in [3.05, 3.63) is 37.7 Å². The van der Waals surface area contributed by atoms with Crippen LogP contribution in [0, 0.1) is 11.3 Å². The summed E-state index contributed by atoms with van der Waals surface area (Å²) in [5, 5.41) is 10.5. The molecule has 8 heteroatoms. The van der Waals surface area contributed by atoms with E-state index >= 15 is 0 Å². The maximum atomic E-state index is 9.58. The minimum absolute atomic E-state index is 0.319. The molecule has 0 aliphatic heterocycles. The molecule has 0 aliphatic carbocycles. The number of hydrogen-bond donors (Lipinski definition) is 4. The Hall–Kier alpha value is -1.45. The summed E-state index contributed by atoms with van der Waals surface area (Å²) >= 11 is 4.48. The zero-order chi connectivity index (χ0) is 14.3. The molecule has 0 aliphatic rings. The van der Waals surface area contributed by atoms with Crippen molar-refractivity contribution in [3.8, 4) is 6.07 Å². The highest BCUT2D eigenvalue weighted by Crippen LogP contribution is 2.34. The maximum Gasteiger partial charge on any atom is 0.348 e. The van der Waals surface area contributed by atoms with Gasteiger partial charge in [0.2, 0.25) is 0 Å². The molecule has 0 saturated carbocycles. The van der Waals surface area contributed by atoms with Crippen LogP contribution in [0.1, 0.15) is 0 Å². The lowest BCUT2D eigenvalue weighted by Crippen LogP contribution is -2.28. The van der Waals surface area contributed by atoms with Gasteiger partial charge >= 0.3 is 7.60 Å². The van der Waals surface area contributed by atoms with E-state index in [1.165, 1.54) is 6.08 Å². The molecule has 0 spiro atoms. The van der Waals surface area contributed by atoms with Crippen molar-refractivity contribution >= 4 is 24.9 Å². The van der Waals surface area contributed by atoms with Crippen molar-refractivity contribution in [1.82, 2.24) is 5.32 Å². The molecular formula is C9H16N3O3PS. The summed E-state index contributed by atoms with van der Waals surface area (Å²) < 4.78 is 9.58. The predicted octanol–water partition coefficient (Wildman–Crippen LogP) is 1.01. The summed E-state index contributed by atoms with van der Waals surface area (Å²) in [7, 11) is -3.88. The lowest BCUT2D eigenvalue weighted by molar-refractivity contribution is 0.386. The van der Waals surface area contributed by atoms with Gasteiger partial charge in [0, 0.05) is 18.4 Å². The van der Waals surface area contributed by atoms with Gasteiger partial charge in [0.1, 0.15) is 0 Å². The van der Waals surface area contributed by atoms with Gasteiger partial charge in [-0.3, -0.25) is 4.57 Å². The molecule has 17 heavy (non-hydrogen) atoms. The summed E-state index contributed by atoms with van der Waals surface area (Å²) in [6.07, 6.45) is 2.87. The van der Waals surface area contributed by atoms with Gasteiger partial charge in [0.15, 0.2) is 5.11 Å². The van der Waals surface area contributed by atoms with Crippen molar-refractivity contribution in [2.45, 2.75) is 0 Å². The van der Waals surface area contributed by atoms with E-state index in [4.69, 9.17) is 20.8 Å². The Morgan fingerprint density at radius 3 is 1.94 bits per heavy atom. The van der Waals surface area contributed by atoms with E-state index in [9.17, 15) is 4.57 Å². The van der Waals surface area contributed by atoms with Gasteiger partial charge in [-0.2, -0.15) is 5.26 Å². The topological polar surface area (TPSA) is 119 Å². The first-order valence-corrected chi connectivity index (χ1v) is 6.17. The zero-order valence-corrected chi connectivity index (χ0v) is 11.0. The van der Waals surface area contributed by atoms with Crippen molar-refractivity contribution < 1.29 is 14.4 Å². The summed E-state index contributed by atoms with van der Waals surface area (Å²) in [6, 6.07) is 1.69. The fourth-order valence-electron chi connectivity index (χ4n) is 0.173. The van der Waals surface area contributed by atoms with Crippen LogP contribution in [0.3, 0.4) is 0 Å². The molecule has 0 saturated heterocycles. The molecule has 6 nitrogen and oxygen atoms in total. The Labute approximate surface area is 106 Å². The average molecular weight is 277 g/mol. The number of nitrogens with zero attached hydrogens (tertiary/aromatic N) is 1. The minimum atomic E-state index is -3.88. The zero-order valence-electron chi connectivity index (χ0n) is 9.24. The van der Waals surface area contributed by atoms with E-state index in [-0.39, 0.29) is 0 Å². The van der Waals surface area contributed by atoms with Gasteiger partial charge in [-0.15, -0.1) is 6.58 Å². The van der Waals surface area contributed by atoms with Crippen LogP contribution in [-0.2, 0) is 4.57 Å². The van der Waals surface area contributed by atoms with Crippen LogP contribution >= 0.6 is 19.8 Å². The lowest BCUT2D eigenvalue weighted by atomic mass is 10.6. The smallest absolute Gasteiger partial charge is 0.348 e. The predicted molar refractivity (Wildman–Crippen MR) is 73.0 cm³/mol. The van der Waals surface area contributed by atoms with E-state index in [1.807, 2.05) is 0 Å². The van der Waals surface area contributed by atoms with Crippen molar-refractivity contribution in [2.24, 2.45) is 5.73 Å². The molecule has 0 bridgehead atoms. The molecule has 0 aromatic heterocycles. The number of nitriles is 1. The van der Waals surface area contributed by atoms with Gasteiger partial charge in [-0.05, 0) is 12.2 Å². The second-order valence-electron chi connectivity index (χ2n) is 2.14. The van der Waals surface area contributed by atoms with Crippen molar-refractivity contribution in [1.29, 1.82) is 5.26 Å². The van der Waals surface area contributed by atoms with Crippen LogP contribution in [0.15, 0.2) is 37.7 Å². The third-order valence-electron chi connectivity index (χ3n) is 0.750. The van der Waals surface area contributed by atoms with Crippen molar-refractivity contribution in [2.75, 3.05) is 6.54 Å². The number of hydrogen-bond acceptors (Lipinski definition) is 3. The summed E-state index contributed by atoms with van der Waals surface area (Å²) in [6.45, 7) is 10.1. The second kappa shape index (κ2) is 14.6. The van der Waals surface area contributed by atoms with Gasteiger partial charge in [0.25, 0.3) is 0 Å². The summed E-state index contributed by atoms with van der Waals surface area (Å²) in [4.78, 5) is 15.6. The normalized spacial score (nSPS) is 7.82. The Balaban J connectivity index is -0.000000180. The lowest BCUT2D eigenvalue weighted by Gasteiger charge is -1.94. The third-order valence-corrected chi connectivity index (χ3v) is 1.37. The number of nitrogens with one attached hydrogen (secondary N) is 1. The number of rotatable bonds is 3. The largest absolute Gasteiger partial charge is 0.376 e. The highest BCUT2D eigenvalue weighted by atomic mass is 32.1. The molecule has 0 radical (unpaired) electrons. The molecule has 0 rings (SSSR count). The maximum absolute atomic E-state index is 9.58. The quantitative estimate of drug-likeness (QED) is 0.263. The Morgan fingerprint density at radius 1 is 1.53 bits per heavy atom.